The molecule has 1 amide bonds. The number of benzene rings is 1. The van der Waals surface area contributed by atoms with E-state index in [1.165, 1.54) is 29.2 Å². The maximum absolute atomic E-state index is 11.8. The Balaban J connectivity index is 2.85. The number of Topliss-reactive ketones (excluding diaryl/α,β-unsaturated/α-hetero) is 1. The number of ketones is 1. The number of carbonyl (C=O) groups excluding carboxylic acids is 2. The van der Waals surface area contributed by atoms with E-state index in [2.05, 4.69) is 32.9 Å². The summed E-state index contributed by atoms with van der Waals surface area (Å²) in [6, 6.07) is 4.23. The van der Waals surface area contributed by atoms with Crippen LogP contribution in [0.25, 0.3) is 0 Å². The molecule has 0 heterocycles. The lowest BCUT2D eigenvalue weighted by Gasteiger charge is -2.20. The number of rotatable bonds is 4. The van der Waals surface area contributed by atoms with Gasteiger partial charge in [0.15, 0.2) is 0 Å². The van der Waals surface area contributed by atoms with Gasteiger partial charge in [-0.3, -0.25) is 9.59 Å². The first-order valence-electron chi connectivity index (χ1n) is 6.11. The lowest BCUT2D eigenvalue weighted by atomic mass is 9.99. The van der Waals surface area contributed by atoms with E-state index in [0.717, 1.165) is 0 Å². The van der Waals surface area contributed by atoms with Gasteiger partial charge < -0.3 is 4.90 Å². The third kappa shape index (κ3) is 3.69. The minimum atomic E-state index is -0.123. The van der Waals surface area contributed by atoms with Gasteiger partial charge >= 0.3 is 0 Å². The topological polar surface area (TPSA) is 37.4 Å². The fourth-order valence-corrected chi connectivity index (χ4v) is 2.13. The summed E-state index contributed by atoms with van der Waals surface area (Å²) in [6.45, 7) is 8.17. The molecule has 0 aliphatic rings. The van der Waals surface area contributed by atoms with Gasteiger partial charge in [0.25, 0.3) is 0 Å². The fourth-order valence-electron chi connectivity index (χ4n) is 2.13. The van der Waals surface area contributed by atoms with Crippen molar-refractivity contribution in [3.63, 3.8) is 0 Å². The summed E-state index contributed by atoms with van der Waals surface area (Å²) in [6.07, 6.45) is -0.0134. The Morgan fingerprint density at radius 3 is 2.06 bits per heavy atom. The summed E-state index contributed by atoms with van der Waals surface area (Å²) < 4.78 is 0. The summed E-state index contributed by atoms with van der Waals surface area (Å²) in [5.41, 5.74) is 4.77. The zero-order chi connectivity index (χ0) is 13.9. The van der Waals surface area contributed by atoms with Gasteiger partial charge in [-0.15, -0.1) is 0 Å². The van der Waals surface area contributed by atoms with Crippen molar-refractivity contribution in [2.45, 2.75) is 40.7 Å². The van der Waals surface area contributed by atoms with E-state index in [1.807, 2.05) is 0 Å². The van der Waals surface area contributed by atoms with Gasteiger partial charge in [-0.2, -0.15) is 0 Å². The second kappa shape index (κ2) is 5.80. The Morgan fingerprint density at radius 1 is 1.11 bits per heavy atom. The minimum Gasteiger partial charge on any atom is -0.341 e. The molecule has 18 heavy (non-hydrogen) atoms. The molecule has 1 aromatic rings. The molecule has 3 heteroatoms. The largest absolute Gasteiger partial charge is 0.341 e. The van der Waals surface area contributed by atoms with Crippen LogP contribution in [-0.2, 0) is 16.1 Å². The van der Waals surface area contributed by atoms with E-state index >= 15 is 0 Å². The van der Waals surface area contributed by atoms with Crippen LogP contribution in [0.5, 0.6) is 0 Å². The maximum Gasteiger partial charge on any atom is 0.230 e. The number of nitrogens with zero attached hydrogens (tertiary/aromatic N) is 1. The van der Waals surface area contributed by atoms with Gasteiger partial charge in [0.2, 0.25) is 5.91 Å². The van der Waals surface area contributed by atoms with E-state index in [1.54, 1.807) is 11.9 Å². The number of hydrogen-bond donors (Lipinski definition) is 0. The van der Waals surface area contributed by atoms with Crippen LogP contribution in [0.15, 0.2) is 12.1 Å². The van der Waals surface area contributed by atoms with Crippen molar-refractivity contribution in [3.05, 3.63) is 34.4 Å². The normalized spacial score (nSPS) is 10.3. The highest BCUT2D eigenvalue weighted by atomic mass is 16.2. The zero-order valence-electron chi connectivity index (χ0n) is 11.8. The average Bonchev–Trinajstić information content (AvgIpc) is 2.21. The van der Waals surface area contributed by atoms with Crippen molar-refractivity contribution in [2.75, 3.05) is 7.05 Å². The molecular weight excluding hydrogens is 226 g/mol. The molecule has 0 aliphatic carbocycles. The van der Waals surface area contributed by atoms with Crippen molar-refractivity contribution in [1.82, 2.24) is 4.90 Å². The number of aryl methyl sites for hydroxylation is 3. The highest BCUT2D eigenvalue weighted by Crippen LogP contribution is 2.18. The molecule has 98 valence electrons. The van der Waals surface area contributed by atoms with Gasteiger partial charge in [-0.25, -0.2) is 0 Å². The van der Waals surface area contributed by atoms with Crippen molar-refractivity contribution in [3.8, 4) is 0 Å². The molecule has 0 atom stereocenters. The molecule has 0 aliphatic heterocycles. The van der Waals surface area contributed by atoms with Crippen LogP contribution >= 0.6 is 0 Å². The summed E-state index contributed by atoms with van der Waals surface area (Å²) in [7, 11) is 1.74. The lowest BCUT2D eigenvalue weighted by Crippen LogP contribution is -2.28. The van der Waals surface area contributed by atoms with Crippen LogP contribution in [0.3, 0.4) is 0 Å². The van der Waals surface area contributed by atoms with Crippen molar-refractivity contribution >= 4 is 11.7 Å². The molecule has 0 N–H and O–H groups in total. The van der Waals surface area contributed by atoms with Crippen LogP contribution in [0.2, 0.25) is 0 Å². The number of hydrogen-bond acceptors (Lipinski definition) is 2. The van der Waals surface area contributed by atoms with Gasteiger partial charge in [0.1, 0.15) is 5.78 Å². The predicted octanol–water partition coefficient (Wildman–Crippen LogP) is 2.55. The Morgan fingerprint density at radius 2 is 1.61 bits per heavy atom. The van der Waals surface area contributed by atoms with E-state index in [4.69, 9.17) is 0 Å². The third-order valence-electron chi connectivity index (χ3n) is 3.06. The highest BCUT2D eigenvalue weighted by Gasteiger charge is 2.13. The molecule has 0 bridgehead atoms. The standard InChI is InChI=1S/C15H21NO2/c1-10-6-11(2)14(12(3)7-10)9-16(5)15(18)8-13(4)17/h6-7H,8-9H2,1-5H3. The predicted molar refractivity (Wildman–Crippen MR) is 72.4 cm³/mol. The monoisotopic (exact) mass is 247 g/mol. The molecule has 0 radical (unpaired) electrons. The van der Waals surface area contributed by atoms with E-state index in [0.29, 0.717) is 6.54 Å². The second-order valence-electron chi connectivity index (χ2n) is 5.01. The first-order valence-corrected chi connectivity index (χ1v) is 6.11. The third-order valence-corrected chi connectivity index (χ3v) is 3.06. The summed E-state index contributed by atoms with van der Waals surface area (Å²) in [4.78, 5) is 24.3. The molecule has 0 spiro atoms. The molecule has 0 unspecified atom stereocenters. The first kappa shape index (κ1) is 14.4. The summed E-state index contributed by atoms with van der Waals surface area (Å²) in [5.74, 6) is -0.217. The van der Waals surface area contributed by atoms with Gasteiger partial charge in [-0.1, -0.05) is 17.7 Å². The number of amides is 1. The van der Waals surface area contributed by atoms with Crippen molar-refractivity contribution in [1.29, 1.82) is 0 Å². The number of carbonyl (C=O) groups is 2. The second-order valence-corrected chi connectivity index (χ2v) is 5.01. The van der Waals surface area contributed by atoms with Gasteiger partial charge in [0, 0.05) is 13.6 Å². The Hall–Kier alpha value is -1.64. The Labute approximate surface area is 109 Å². The van der Waals surface area contributed by atoms with Crippen molar-refractivity contribution in [2.24, 2.45) is 0 Å². The van der Waals surface area contributed by atoms with Crippen LogP contribution in [-0.4, -0.2) is 23.6 Å². The molecule has 1 aromatic carbocycles. The highest BCUT2D eigenvalue weighted by molar-refractivity contribution is 5.96. The zero-order valence-corrected chi connectivity index (χ0v) is 11.8. The molecular formula is C15H21NO2. The molecule has 3 nitrogen and oxygen atoms in total. The molecule has 0 saturated carbocycles. The molecule has 0 aromatic heterocycles. The SMILES string of the molecule is CC(=O)CC(=O)N(C)Cc1c(C)cc(C)cc1C. The van der Waals surface area contributed by atoms with Crippen molar-refractivity contribution < 1.29 is 9.59 Å². The lowest BCUT2D eigenvalue weighted by molar-refractivity contribution is -0.134. The van der Waals surface area contributed by atoms with E-state index in [9.17, 15) is 9.59 Å². The Bertz CT molecular complexity index is 454. The first-order chi connectivity index (χ1) is 8.31. The molecule has 1 rings (SSSR count). The fraction of sp³-hybridized carbons (Fsp3) is 0.467. The molecule has 0 fully saturated rings. The smallest absolute Gasteiger partial charge is 0.230 e. The van der Waals surface area contributed by atoms with Crippen LogP contribution in [0.1, 0.15) is 35.6 Å². The van der Waals surface area contributed by atoms with E-state index in [-0.39, 0.29) is 18.1 Å². The van der Waals surface area contributed by atoms with Crippen LogP contribution in [0, 0.1) is 20.8 Å². The van der Waals surface area contributed by atoms with Gasteiger partial charge in [-0.05, 0) is 44.4 Å². The average molecular weight is 247 g/mol. The minimum absolute atomic E-state index is 0.0134. The van der Waals surface area contributed by atoms with Crippen LogP contribution in [0.4, 0.5) is 0 Å². The quantitative estimate of drug-likeness (QED) is 0.767. The summed E-state index contributed by atoms with van der Waals surface area (Å²) in [5, 5.41) is 0. The Kier molecular flexibility index (Phi) is 4.65. The summed E-state index contributed by atoms with van der Waals surface area (Å²) >= 11 is 0. The van der Waals surface area contributed by atoms with E-state index < -0.39 is 0 Å². The maximum atomic E-state index is 11.8. The molecule has 0 saturated heterocycles. The van der Waals surface area contributed by atoms with Crippen LogP contribution < -0.4 is 0 Å². The van der Waals surface area contributed by atoms with Gasteiger partial charge in [0.05, 0.1) is 6.42 Å².